The Morgan fingerprint density at radius 1 is 0.958 bits per heavy atom. The van der Waals surface area contributed by atoms with Gasteiger partial charge in [-0.25, -0.2) is 19.5 Å². The van der Waals surface area contributed by atoms with Crippen LogP contribution in [0, 0.1) is 0 Å². The fourth-order valence-corrected chi connectivity index (χ4v) is 2.85. The molecule has 0 amide bonds. The van der Waals surface area contributed by atoms with Crippen LogP contribution in [0.25, 0.3) is 11.3 Å². The lowest BCUT2D eigenvalue weighted by molar-refractivity contribution is 0.701. The van der Waals surface area contributed by atoms with Crippen molar-refractivity contribution in [1.29, 1.82) is 0 Å². The highest BCUT2D eigenvalue weighted by molar-refractivity contribution is 5.40. The smallest absolute Gasteiger partial charge is 0.153 e. The van der Waals surface area contributed by atoms with Gasteiger partial charge in [0.25, 0.3) is 0 Å². The molecular weight excluding hydrogens is 300 g/mol. The van der Waals surface area contributed by atoms with Crippen molar-refractivity contribution in [3.05, 3.63) is 60.2 Å². The Labute approximate surface area is 140 Å². The van der Waals surface area contributed by atoms with E-state index in [0.717, 1.165) is 34.8 Å². The number of nitrogens with zero attached hydrogens (tertiary/aromatic N) is 6. The number of fused-ring (bicyclic) bond motifs is 2. The van der Waals surface area contributed by atoms with Crippen molar-refractivity contribution in [3.63, 3.8) is 0 Å². The van der Waals surface area contributed by atoms with Gasteiger partial charge in [-0.1, -0.05) is 20.8 Å². The first-order chi connectivity index (χ1) is 11.6. The summed E-state index contributed by atoms with van der Waals surface area (Å²) in [5, 5.41) is 4.70. The van der Waals surface area contributed by atoms with E-state index in [2.05, 4.69) is 41.8 Å². The first kappa shape index (κ1) is 14.8. The Hall–Kier alpha value is -2.76. The molecule has 4 heterocycles. The summed E-state index contributed by atoms with van der Waals surface area (Å²) in [7, 11) is 0. The minimum Gasteiger partial charge on any atom is -0.290 e. The number of rotatable bonds is 4. The van der Waals surface area contributed by atoms with Crippen LogP contribution in [-0.2, 0) is 6.42 Å². The van der Waals surface area contributed by atoms with Crippen LogP contribution in [0.1, 0.15) is 49.7 Å². The van der Waals surface area contributed by atoms with Crippen LogP contribution in [0.4, 0.5) is 0 Å². The summed E-state index contributed by atoms with van der Waals surface area (Å²) >= 11 is 0. The zero-order valence-electron chi connectivity index (χ0n) is 14.1. The summed E-state index contributed by atoms with van der Waals surface area (Å²) in [6.07, 6.45) is 8.44. The van der Waals surface area contributed by atoms with E-state index < -0.39 is 0 Å². The molecule has 122 valence electrons. The lowest BCUT2D eigenvalue weighted by Crippen LogP contribution is -2.03. The molecule has 1 unspecified atom stereocenters. The zero-order valence-corrected chi connectivity index (χ0v) is 14.1. The third-order valence-corrected chi connectivity index (χ3v) is 4.29. The Morgan fingerprint density at radius 3 is 2.58 bits per heavy atom. The molecule has 6 heteroatoms. The van der Waals surface area contributed by atoms with E-state index in [-0.39, 0.29) is 5.92 Å². The van der Waals surface area contributed by atoms with Gasteiger partial charge in [0.1, 0.15) is 12.0 Å². The van der Waals surface area contributed by atoms with Gasteiger partial charge in [-0.2, -0.15) is 5.10 Å². The molecule has 1 atom stereocenters. The van der Waals surface area contributed by atoms with Crippen molar-refractivity contribution < 1.29 is 0 Å². The van der Waals surface area contributed by atoms with Gasteiger partial charge in [0.15, 0.2) is 5.65 Å². The highest BCUT2D eigenvalue weighted by atomic mass is 15.2. The largest absolute Gasteiger partial charge is 0.290 e. The predicted molar refractivity (Wildman–Crippen MR) is 92.2 cm³/mol. The van der Waals surface area contributed by atoms with E-state index in [9.17, 15) is 0 Å². The highest BCUT2D eigenvalue weighted by Gasteiger charge is 2.13. The first-order valence-corrected chi connectivity index (χ1v) is 8.24. The number of aromatic nitrogens is 6. The van der Waals surface area contributed by atoms with E-state index in [1.807, 2.05) is 33.4 Å². The van der Waals surface area contributed by atoms with Crippen molar-refractivity contribution in [2.45, 2.75) is 39.0 Å². The molecule has 0 radical (unpaired) electrons. The van der Waals surface area contributed by atoms with Crippen LogP contribution in [0.5, 0.6) is 0 Å². The molecular formula is C18H20N6. The SMILES string of the molecule is CC(C)c1cn2nc(CC(C)c3cn4cnccc4n3)ccc2n1. The molecule has 6 nitrogen and oxygen atoms in total. The molecule has 0 spiro atoms. The van der Waals surface area contributed by atoms with Gasteiger partial charge in [0.05, 0.1) is 23.3 Å². The minimum absolute atomic E-state index is 0.281. The molecule has 0 aromatic carbocycles. The van der Waals surface area contributed by atoms with E-state index >= 15 is 0 Å². The third kappa shape index (κ3) is 2.64. The van der Waals surface area contributed by atoms with E-state index in [1.54, 1.807) is 12.5 Å². The molecule has 0 aliphatic rings. The second kappa shape index (κ2) is 5.70. The van der Waals surface area contributed by atoms with Crippen LogP contribution in [0.3, 0.4) is 0 Å². The van der Waals surface area contributed by atoms with Crippen LogP contribution >= 0.6 is 0 Å². The quantitative estimate of drug-likeness (QED) is 0.579. The predicted octanol–water partition coefficient (Wildman–Crippen LogP) is 3.24. The molecule has 0 bridgehead atoms. The lowest BCUT2D eigenvalue weighted by atomic mass is 10.0. The Balaban J connectivity index is 1.60. The summed E-state index contributed by atoms with van der Waals surface area (Å²) in [6.45, 7) is 6.46. The Bertz CT molecular complexity index is 964. The molecule has 4 aromatic heterocycles. The summed E-state index contributed by atoms with van der Waals surface area (Å²) in [6, 6.07) is 6.01. The molecule has 0 N–H and O–H groups in total. The summed E-state index contributed by atoms with van der Waals surface area (Å²) in [5.41, 5.74) is 4.98. The second-order valence-corrected chi connectivity index (χ2v) is 6.56. The fourth-order valence-electron chi connectivity index (χ4n) is 2.85. The van der Waals surface area contributed by atoms with E-state index in [0.29, 0.717) is 5.92 Å². The molecule has 4 rings (SSSR count). The fraction of sp³-hybridized carbons (Fsp3) is 0.333. The minimum atomic E-state index is 0.281. The summed E-state index contributed by atoms with van der Waals surface area (Å²) in [4.78, 5) is 13.4. The molecule has 0 saturated carbocycles. The topological polar surface area (TPSA) is 60.4 Å². The van der Waals surface area contributed by atoms with E-state index in [1.165, 1.54) is 0 Å². The number of hydrogen-bond donors (Lipinski definition) is 0. The standard InChI is InChI=1S/C18H20N6/c1-12(2)15-10-24-18(20-15)5-4-14(22-24)8-13(3)16-9-23-11-19-7-6-17(23)21-16/h4-7,9-13H,8H2,1-3H3. The molecule has 0 saturated heterocycles. The normalized spacial score (nSPS) is 13.2. The zero-order chi connectivity index (χ0) is 16.7. The van der Waals surface area contributed by atoms with Crippen LogP contribution in [0.15, 0.2) is 43.1 Å². The highest BCUT2D eigenvalue weighted by Crippen LogP contribution is 2.20. The lowest BCUT2D eigenvalue weighted by Gasteiger charge is -2.07. The maximum Gasteiger partial charge on any atom is 0.153 e. The third-order valence-electron chi connectivity index (χ3n) is 4.29. The van der Waals surface area contributed by atoms with Gasteiger partial charge < -0.3 is 0 Å². The first-order valence-electron chi connectivity index (χ1n) is 8.24. The molecule has 0 aliphatic carbocycles. The van der Waals surface area contributed by atoms with Gasteiger partial charge in [-0.05, 0) is 30.5 Å². The van der Waals surface area contributed by atoms with Crippen molar-refractivity contribution in [1.82, 2.24) is 29.0 Å². The summed E-state index contributed by atoms with van der Waals surface area (Å²) < 4.78 is 3.83. The molecule has 0 fully saturated rings. The van der Waals surface area contributed by atoms with Gasteiger partial charge in [0, 0.05) is 18.3 Å². The van der Waals surface area contributed by atoms with Crippen LogP contribution < -0.4 is 0 Å². The number of hydrogen-bond acceptors (Lipinski definition) is 4. The Kier molecular flexibility index (Phi) is 3.52. The van der Waals surface area contributed by atoms with Crippen molar-refractivity contribution in [2.75, 3.05) is 0 Å². The van der Waals surface area contributed by atoms with Gasteiger partial charge in [-0.3, -0.25) is 4.40 Å². The maximum atomic E-state index is 4.70. The van der Waals surface area contributed by atoms with Crippen LogP contribution in [0.2, 0.25) is 0 Å². The maximum absolute atomic E-state index is 4.70. The summed E-state index contributed by atoms with van der Waals surface area (Å²) in [5.74, 6) is 0.684. The average Bonchev–Trinajstić information content (AvgIpc) is 3.18. The second-order valence-electron chi connectivity index (χ2n) is 6.56. The molecule has 4 aromatic rings. The van der Waals surface area contributed by atoms with E-state index in [4.69, 9.17) is 5.10 Å². The van der Waals surface area contributed by atoms with Gasteiger partial charge in [0.2, 0.25) is 0 Å². The van der Waals surface area contributed by atoms with Gasteiger partial charge >= 0.3 is 0 Å². The van der Waals surface area contributed by atoms with Crippen LogP contribution in [-0.4, -0.2) is 29.0 Å². The van der Waals surface area contributed by atoms with Gasteiger partial charge in [-0.15, -0.1) is 0 Å². The van der Waals surface area contributed by atoms with Crippen molar-refractivity contribution >= 4 is 11.3 Å². The monoisotopic (exact) mass is 320 g/mol. The van der Waals surface area contributed by atoms with Crippen molar-refractivity contribution in [2.24, 2.45) is 0 Å². The van der Waals surface area contributed by atoms with Crippen molar-refractivity contribution in [3.8, 4) is 0 Å². The number of imidazole rings is 2. The average molecular weight is 320 g/mol. The molecule has 24 heavy (non-hydrogen) atoms. The molecule has 0 aliphatic heterocycles. The Morgan fingerprint density at radius 2 is 1.79 bits per heavy atom.